The van der Waals surface area contributed by atoms with Crippen molar-refractivity contribution in [3.8, 4) is 11.5 Å². The first-order valence-corrected chi connectivity index (χ1v) is 5.26. The van der Waals surface area contributed by atoms with Crippen molar-refractivity contribution < 1.29 is 24.2 Å². The van der Waals surface area contributed by atoms with Crippen LogP contribution in [0.4, 0.5) is 0 Å². The summed E-state index contributed by atoms with van der Waals surface area (Å²) >= 11 is 0. The van der Waals surface area contributed by atoms with Crippen LogP contribution in [0.25, 0.3) is 0 Å². The van der Waals surface area contributed by atoms with E-state index in [1.165, 1.54) is 20.1 Å². The van der Waals surface area contributed by atoms with Gasteiger partial charge >= 0.3 is 5.97 Å². The fourth-order valence-electron chi connectivity index (χ4n) is 1.26. The van der Waals surface area contributed by atoms with Gasteiger partial charge in [-0.15, -0.1) is 0 Å². The van der Waals surface area contributed by atoms with Gasteiger partial charge in [0, 0.05) is 5.56 Å². The van der Waals surface area contributed by atoms with Crippen molar-refractivity contribution in [3.63, 3.8) is 0 Å². The molecule has 3 N–H and O–H groups in total. The van der Waals surface area contributed by atoms with Crippen LogP contribution in [0.1, 0.15) is 17.3 Å². The summed E-state index contributed by atoms with van der Waals surface area (Å²) in [6, 6.07) is 3.54. The van der Waals surface area contributed by atoms with E-state index in [2.05, 4.69) is 0 Å². The fraction of sp³-hybridized carbons (Fsp3) is 0.333. The first kappa shape index (κ1) is 14.0. The summed E-state index contributed by atoms with van der Waals surface area (Å²) in [5, 5.41) is 8.62. The number of aliphatic carboxylic acids is 1. The minimum Gasteiger partial charge on any atom is -0.493 e. The largest absolute Gasteiger partial charge is 0.493 e. The van der Waals surface area contributed by atoms with E-state index in [9.17, 15) is 9.59 Å². The molecule has 18 heavy (non-hydrogen) atoms. The van der Waals surface area contributed by atoms with Gasteiger partial charge < -0.3 is 20.3 Å². The maximum atomic E-state index is 11.2. The number of carboxylic acids is 1. The predicted molar refractivity (Wildman–Crippen MR) is 64.1 cm³/mol. The van der Waals surface area contributed by atoms with Crippen LogP contribution in [0.5, 0.6) is 11.5 Å². The average Bonchev–Trinajstić information content (AvgIpc) is 2.35. The van der Waals surface area contributed by atoms with Crippen molar-refractivity contribution in [3.05, 3.63) is 23.8 Å². The molecule has 0 radical (unpaired) electrons. The molecule has 0 saturated heterocycles. The number of hydrogen-bond acceptors (Lipinski definition) is 5. The lowest BCUT2D eigenvalue weighted by Crippen LogP contribution is -2.36. The molecule has 0 heterocycles. The molecule has 6 heteroatoms. The number of ether oxygens (including phenoxy) is 2. The lowest BCUT2D eigenvalue weighted by molar-refractivity contribution is -0.139. The molecule has 0 aliphatic rings. The van der Waals surface area contributed by atoms with Gasteiger partial charge in [-0.05, 0) is 25.1 Å². The van der Waals surface area contributed by atoms with Crippen molar-refractivity contribution in [1.29, 1.82) is 0 Å². The van der Waals surface area contributed by atoms with Crippen LogP contribution in [0.15, 0.2) is 18.2 Å². The van der Waals surface area contributed by atoms with Crippen LogP contribution in [-0.2, 0) is 4.79 Å². The van der Waals surface area contributed by atoms with Gasteiger partial charge in [-0.1, -0.05) is 0 Å². The third-order valence-corrected chi connectivity index (χ3v) is 2.31. The molecule has 0 aliphatic heterocycles. The number of benzene rings is 1. The zero-order valence-corrected chi connectivity index (χ0v) is 10.2. The lowest BCUT2D eigenvalue weighted by atomic mass is 10.1. The SMILES string of the molecule is COc1cc(C(C)=O)ccc1OCC(N)C(=O)O. The Balaban J connectivity index is 2.83. The van der Waals surface area contributed by atoms with Gasteiger partial charge in [0.05, 0.1) is 7.11 Å². The predicted octanol–water partition coefficient (Wildman–Crippen LogP) is 0.688. The minimum atomic E-state index is -1.14. The van der Waals surface area contributed by atoms with Crippen molar-refractivity contribution in [2.24, 2.45) is 5.73 Å². The number of carboxylic acid groups (broad SMARTS) is 1. The van der Waals surface area contributed by atoms with E-state index < -0.39 is 12.0 Å². The second-order valence-corrected chi connectivity index (χ2v) is 3.68. The third-order valence-electron chi connectivity index (χ3n) is 2.31. The molecule has 1 atom stereocenters. The monoisotopic (exact) mass is 253 g/mol. The summed E-state index contributed by atoms with van der Waals surface area (Å²) in [7, 11) is 1.43. The van der Waals surface area contributed by atoms with E-state index >= 15 is 0 Å². The second-order valence-electron chi connectivity index (χ2n) is 3.68. The smallest absolute Gasteiger partial charge is 0.324 e. The number of ketones is 1. The number of Topliss-reactive ketones (excluding diaryl/α,β-unsaturated/α-hetero) is 1. The summed E-state index contributed by atoms with van der Waals surface area (Å²) < 4.78 is 10.3. The van der Waals surface area contributed by atoms with E-state index in [-0.39, 0.29) is 12.4 Å². The third kappa shape index (κ3) is 3.46. The summed E-state index contributed by atoms with van der Waals surface area (Å²) in [4.78, 5) is 21.7. The van der Waals surface area contributed by atoms with Crippen molar-refractivity contribution in [2.75, 3.05) is 13.7 Å². The molecule has 98 valence electrons. The van der Waals surface area contributed by atoms with Gasteiger partial charge in [0.2, 0.25) is 0 Å². The lowest BCUT2D eigenvalue weighted by Gasteiger charge is -2.13. The van der Waals surface area contributed by atoms with Crippen LogP contribution in [0, 0.1) is 0 Å². The summed E-state index contributed by atoms with van der Waals surface area (Å²) in [5.74, 6) is -0.532. The quantitative estimate of drug-likeness (QED) is 0.723. The molecule has 6 nitrogen and oxygen atoms in total. The van der Waals surface area contributed by atoms with Gasteiger partial charge in [0.25, 0.3) is 0 Å². The summed E-state index contributed by atoms with van der Waals surface area (Å²) in [6.45, 7) is 1.26. The Morgan fingerprint density at radius 1 is 1.39 bits per heavy atom. The molecule has 1 aromatic carbocycles. The highest BCUT2D eigenvalue weighted by molar-refractivity contribution is 5.94. The zero-order valence-electron chi connectivity index (χ0n) is 10.2. The van der Waals surface area contributed by atoms with Gasteiger partial charge in [-0.25, -0.2) is 0 Å². The maximum absolute atomic E-state index is 11.2. The van der Waals surface area contributed by atoms with Crippen LogP contribution >= 0.6 is 0 Å². The molecule has 1 aromatic rings. The van der Waals surface area contributed by atoms with E-state index in [1.807, 2.05) is 0 Å². The van der Waals surface area contributed by atoms with Crippen molar-refractivity contribution in [1.82, 2.24) is 0 Å². The standard InChI is InChI=1S/C12H15NO5/c1-7(14)8-3-4-10(11(5-8)17-2)18-6-9(13)12(15)16/h3-5,9H,6,13H2,1-2H3,(H,15,16). The first-order chi connectivity index (χ1) is 8.45. The Hall–Kier alpha value is -2.08. The molecule has 0 saturated carbocycles. The number of nitrogens with two attached hydrogens (primary N) is 1. The number of carbonyl (C=O) groups excluding carboxylic acids is 1. The fourth-order valence-corrected chi connectivity index (χ4v) is 1.26. The summed E-state index contributed by atoms with van der Waals surface area (Å²) in [6.07, 6.45) is 0. The molecule has 0 spiro atoms. The van der Waals surface area contributed by atoms with E-state index in [4.69, 9.17) is 20.3 Å². The van der Waals surface area contributed by atoms with E-state index in [0.29, 0.717) is 17.1 Å². The topological polar surface area (TPSA) is 98.9 Å². The van der Waals surface area contributed by atoms with Gasteiger partial charge in [0.15, 0.2) is 17.3 Å². The number of hydrogen-bond donors (Lipinski definition) is 2. The highest BCUT2D eigenvalue weighted by atomic mass is 16.5. The highest BCUT2D eigenvalue weighted by Crippen LogP contribution is 2.28. The molecule has 0 bridgehead atoms. The zero-order chi connectivity index (χ0) is 13.7. The van der Waals surface area contributed by atoms with Crippen LogP contribution in [0.2, 0.25) is 0 Å². The van der Waals surface area contributed by atoms with Crippen LogP contribution < -0.4 is 15.2 Å². The molecule has 0 amide bonds. The van der Waals surface area contributed by atoms with Gasteiger partial charge in [0.1, 0.15) is 12.6 Å². The minimum absolute atomic E-state index is 0.0953. The van der Waals surface area contributed by atoms with Gasteiger partial charge in [-0.2, -0.15) is 0 Å². The Labute approximate surface area is 104 Å². The van der Waals surface area contributed by atoms with Crippen molar-refractivity contribution >= 4 is 11.8 Å². The van der Waals surface area contributed by atoms with Crippen molar-refractivity contribution in [2.45, 2.75) is 13.0 Å². The average molecular weight is 253 g/mol. The Kier molecular flexibility index (Phi) is 4.67. The van der Waals surface area contributed by atoms with E-state index in [0.717, 1.165) is 0 Å². The van der Waals surface area contributed by atoms with E-state index in [1.54, 1.807) is 12.1 Å². The molecule has 0 aliphatic carbocycles. The Morgan fingerprint density at radius 2 is 2.06 bits per heavy atom. The Bertz CT molecular complexity index is 458. The highest BCUT2D eigenvalue weighted by Gasteiger charge is 2.14. The molecular weight excluding hydrogens is 238 g/mol. The van der Waals surface area contributed by atoms with Crippen LogP contribution in [0.3, 0.4) is 0 Å². The van der Waals surface area contributed by atoms with Crippen LogP contribution in [-0.4, -0.2) is 36.6 Å². The maximum Gasteiger partial charge on any atom is 0.324 e. The summed E-state index contributed by atoms with van der Waals surface area (Å²) in [5.41, 5.74) is 5.80. The number of carbonyl (C=O) groups is 2. The molecule has 1 rings (SSSR count). The number of rotatable bonds is 6. The normalized spacial score (nSPS) is 11.7. The first-order valence-electron chi connectivity index (χ1n) is 5.26. The Morgan fingerprint density at radius 3 is 2.56 bits per heavy atom. The second kappa shape index (κ2) is 6.02. The molecule has 1 unspecified atom stereocenters. The number of methoxy groups -OCH3 is 1. The molecule has 0 fully saturated rings. The molecule has 0 aromatic heterocycles. The van der Waals surface area contributed by atoms with Gasteiger partial charge in [-0.3, -0.25) is 9.59 Å². The molecular formula is C12H15NO5.